The average molecular weight is 379 g/mol. The quantitative estimate of drug-likeness (QED) is 0.786. The van der Waals surface area contributed by atoms with Crippen molar-refractivity contribution in [1.82, 2.24) is 4.90 Å². The Labute approximate surface area is 167 Å². The summed E-state index contributed by atoms with van der Waals surface area (Å²) < 4.78 is 12.4. The summed E-state index contributed by atoms with van der Waals surface area (Å²) in [4.78, 5) is 2.84. The second-order valence-electron chi connectivity index (χ2n) is 9.88. The maximum atomic E-state index is 9.53. The van der Waals surface area contributed by atoms with Crippen LogP contribution in [0, 0.1) is 23.2 Å². The van der Waals surface area contributed by atoms with Gasteiger partial charge in [-0.05, 0) is 73.7 Å². The highest BCUT2D eigenvalue weighted by Gasteiger charge is 2.60. The summed E-state index contributed by atoms with van der Waals surface area (Å²) in [5, 5.41) is 9.53. The summed E-state index contributed by atoms with van der Waals surface area (Å²) in [6.07, 6.45) is 9.78. The van der Waals surface area contributed by atoms with Gasteiger partial charge in [-0.3, -0.25) is 4.90 Å². The van der Waals surface area contributed by atoms with Crippen LogP contribution in [0.1, 0.15) is 61.6 Å². The SMILES string of the molecule is N#Cc1ccc2c(c1)C13CCN(CC4CCC4)C(C2)C1CCC1(C3)OCCO1. The largest absolute Gasteiger partial charge is 0.348 e. The molecule has 4 fully saturated rings. The Kier molecular flexibility index (Phi) is 3.92. The summed E-state index contributed by atoms with van der Waals surface area (Å²) in [6.45, 7) is 3.93. The highest BCUT2D eigenvalue weighted by Crippen LogP contribution is 2.59. The van der Waals surface area contributed by atoms with Gasteiger partial charge in [0.25, 0.3) is 0 Å². The van der Waals surface area contributed by atoms with Crippen LogP contribution in [0.3, 0.4) is 0 Å². The molecule has 148 valence electrons. The highest BCUT2D eigenvalue weighted by molar-refractivity contribution is 5.47. The molecule has 4 nitrogen and oxygen atoms in total. The van der Waals surface area contributed by atoms with Crippen LogP contribution in [0.15, 0.2) is 18.2 Å². The fourth-order valence-corrected chi connectivity index (χ4v) is 7.14. The van der Waals surface area contributed by atoms with E-state index in [1.54, 1.807) is 0 Å². The zero-order valence-corrected chi connectivity index (χ0v) is 16.7. The molecule has 4 heteroatoms. The monoisotopic (exact) mass is 378 g/mol. The van der Waals surface area contributed by atoms with E-state index in [1.165, 1.54) is 56.3 Å². The van der Waals surface area contributed by atoms with E-state index in [9.17, 15) is 5.26 Å². The molecule has 6 rings (SSSR count). The molecule has 1 spiro atoms. The van der Waals surface area contributed by atoms with Crippen LogP contribution in [-0.2, 0) is 21.3 Å². The molecule has 0 N–H and O–H groups in total. The number of piperidine rings is 1. The molecule has 5 aliphatic rings. The third kappa shape index (κ3) is 2.46. The lowest BCUT2D eigenvalue weighted by Crippen LogP contribution is -2.64. The normalized spacial score (nSPS) is 36.4. The van der Waals surface area contributed by atoms with Crippen LogP contribution in [-0.4, -0.2) is 43.0 Å². The number of rotatable bonds is 2. The van der Waals surface area contributed by atoms with Crippen LogP contribution >= 0.6 is 0 Å². The number of fused-ring (bicyclic) bond motifs is 1. The fourth-order valence-electron chi connectivity index (χ4n) is 7.14. The molecule has 3 aliphatic carbocycles. The van der Waals surface area contributed by atoms with Gasteiger partial charge in [-0.2, -0.15) is 5.26 Å². The lowest BCUT2D eigenvalue weighted by molar-refractivity contribution is -0.214. The molecule has 1 aromatic carbocycles. The maximum absolute atomic E-state index is 9.53. The Hall–Kier alpha value is -1.41. The summed E-state index contributed by atoms with van der Waals surface area (Å²) in [5.41, 5.74) is 3.82. The van der Waals surface area contributed by atoms with Crippen LogP contribution in [0.25, 0.3) is 0 Å². The molecular weight excluding hydrogens is 348 g/mol. The second kappa shape index (κ2) is 6.29. The third-order valence-corrected chi connectivity index (χ3v) is 8.64. The van der Waals surface area contributed by atoms with Crippen molar-refractivity contribution in [2.24, 2.45) is 11.8 Å². The molecule has 2 heterocycles. The van der Waals surface area contributed by atoms with Gasteiger partial charge in [0.2, 0.25) is 0 Å². The summed E-state index contributed by atoms with van der Waals surface area (Å²) in [6, 6.07) is 9.49. The van der Waals surface area contributed by atoms with Gasteiger partial charge in [0.05, 0.1) is 24.8 Å². The zero-order chi connectivity index (χ0) is 18.8. The van der Waals surface area contributed by atoms with Gasteiger partial charge in [-0.1, -0.05) is 12.5 Å². The summed E-state index contributed by atoms with van der Waals surface area (Å²) in [7, 11) is 0. The van der Waals surface area contributed by atoms with Crippen LogP contribution in [0.4, 0.5) is 0 Å². The van der Waals surface area contributed by atoms with E-state index in [0.717, 1.165) is 44.0 Å². The molecule has 2 saturated carbocycles. The van der Waals surface area contributed by atoms with E-state index in [4.69, 9.17) is 9.47 Å². The van der Waals surface area contributed by atoms with Gasteiger partial charge >= 0.3 is 0 Å². The van der Waals surface area contributed by atoms with Crippen molar-refractivity contribution >= 4 is 0 Å². The van der Waals surface area contributed by atoms with Crippen molar-refractivity contribution in [3.63, 3.8) is 0 Å². The smallest absolute Gasteiger partial charge is 0.169 e. The Morgan fingerprint density at radius 3 is 2.75 bits per heavy atom. The standard InChI is InChI=1S/C24H30N2O2/c25-14-18-4-5-19-13-22-20-6-7-24(27-10-11-28-24)16-23(20,21(19)12-18)8-9-26(22)15-17-2-1-3-17/h4-5,12,17,20,22H,1-3,6-11,13,15-16H2. The molecule has 2 aliphatic heterocycles. The zero-order valence-electron chi connectivity index (χ0n) is 16.7. The number of hydrogen-bond donors (Lipinski definition) is 0. The summed E-state index contributed by atoms with van der Waals surface area (Å²) >= 11 is 0. The van der Waals surface area contributed by atoms with E-state index in [2.05, 4.69) is 23.1 Å². The van der Waals surface area contributed by atoms with E-state index >= 15 is 0 Å². The molecule has 0 radical (unpaired) electrons. The molecule has 3 unspecified atom stereocenters. The van der Waals surface area contributed by atoms with E-state index < -0.39 is 0 Å². The van der Waals surface area contributed by atoms with E-state index in [0.29, 0.717) is 12.0 Å². The summed E-state index contributed by atoms with van der Waals surface area (Å²) in [5.74, 6) is 1.21. The van der Waals surface area contributed by atoms with Gasteiger partial charge in [0, 0.05) is 30.8 Å². The van der Waals surface area contributed by atoms with Crippen molar-refractivity contribution < 1.29 is 9.47 Å². The molecule has 0 amide bonds. The van der Waals surface area contributed by atoms with Crippen molar-refractivity contribution in [3.8, 4) is 6.07 Å². The molecule has 2 saturated heterocycles. The number of likely N-dealkylation sites (tertiary alicyclic amines) is 1. The van der Waals surface area contributed by atoms with Gasteiger partial charge in [-0.25, -0.2) is 0 Å². The number of nitriles is 1. The topological polar surface area (TPSA) is 45.5 Å². The van der Waals surface area contributed by atoms with Crippen molar-refractivity contribution in [2.45, 2.75) is 68.6 Å². The number of ether oxygens (including phenoxy) is 2. The van der Waals surface area contributed by atoms with E-state index in [-0.39, 0.29) is 11.2 Å². The third-order valence-electron chi connectivity index (χ3n) is 8.64. The molecule has 0 aromatic heterocycles. The first-order valence-corrected chi connectivity index (χ1v) is 11.3. The van der Waals surface area contributed by atoms with Crippen LogP contribution in [0.5, 0.6) is 0 Å². The van der Waals surface area contributed by atoms with Gasteiger partial charge in [0.1, 0.15) is 0 Å². The number of nitrogens with zero attached hydrogens (tertiary/aromatic N) is 2. The van der Waals surface area contributed by atoms with Crippen LogP contribution < -0.4 is 0 Å². The Morgan fingerprint density at radius 1 is 1.14 bits per heavy atom. The minimum Gasteiger partial charge on any atom is -0.348 e. The molecule has 2 bridgehead atoms. The molecule has 1 aromatic rings. The maximum Gasteiger partial charge on any atom is 0.169 e. The van der Waals surface area contributed by atoms with Gasteiger partial charge < -0.3 is 9.47 Å². The second-order valence-corrected chi connectivity index (χ2v) is 9.88. The van der Waals surface area contributed by atoms with Gasteiger partial charge in [0.15, 0.2) is 5.79 Å². The van der Waals surface area contributed by atoms with Crippen molar-refractivity contribution in [1.29, 1.82) is 5.26 Å². The average Bonchev–Trinajstić information content (AvgIpc) is 3.13. The predicted octanol–water partition coefficient (Wildman–Crippen LogP) is 3.77. The lowest BCUT2D eigenvalue weighted by atomic mass is 9.51. The van der Waals surface area contributed by atoms with Crippen LogP contribution in [0.2, 0.25) is 0 Å². The van der Waals surface area contributed by atoms with E-state index in [1.807, 2.05) is 6.07 Å². The fraction of sp³-hybridized carbons (Fsp3) is 0.708. The minimum absolute atomic E-state index is 0.115. The van der Waals surface area contributed by atoms with Crippen molar-refractivity contribution in [2.75, 3.05) is 26.3 Å². The molecule has 3 atom stereocenters. The molecular formula is C24H30N2O2. The number of hydrogen-bond acceptors (Lipinski definition) is 4. The minimum atomic E-state index is -0.381. The highest BCUT2D eigenvalue weighted by atomic mass is 16.7. The van der Waals surface area contributed by atoms with Gasteiger partial charge in [-0.15, -0.1) is 0 Å². The Balaban J connectivity index is 1.42. The lowest BCUT2D eigenvalue weighted by Gasteiger charge is -2.61. The Morgan fingerprint density at radius 2 is 2.00 bits per heavy atom. The number of benzene rings is 1. The first kappa shape index (κ1) is 17.4. The Bertz CT molecular complexity index is 820. The first-order chi connectivity index (χ1) is 13.7. The predicted molar refractivity (Wildman–Crippen MR) is 106 cm³/mol. The first-order valence-electron chi connectivity index (χ1n) is 11.3. The van der Waals surface area contributed by atoms with Crippen molar-refractivity contribution in [3.05, 3.63) is 34.9 Å². The molecule has 28 heavy (non-hydrogen) atoms.